The summed E-state index contributed by atoms with van der Waals surface area (Å²) >= 11 is 0. The van der Waals surface area contributed by atoms with E-state index in [1.54, 1.807) is 0 Å². The van der Waals surface area contributed by atoms with E-state index in [4.69, 9.17) is 5.73 Å². The fourth-order valence-electron chi connectivity index (χ4n) is 1.87. The Morgan fingerprint density at radius 1 is 1.31 bits per heavy atom. The molecule has 0 aromatic carbocycles. The van der Waals surface area contributed by atoms with E-state index in [2.05, 4.69) is 26.1 Å². The van der Waals surface area contributed by atoms with Crippen LogP contribution in [0, 0.1) is 11.8 Å². The highest BCUT2D eigenvalue weighted by Crippen LogP contribution is 2.13. The fourth-order valence-corrected chi connectivity index (χ4v) is 1.87. The van der Waals surface area contributed by atoms with Crippen LogP contribution in [0.15, 0.2) is 0 Å². The number of unbranched alkanes of at least 4 members (excludes halogenated alkanes) is 2. The van der Waals surface area contributed by atoms with Crippen LogP contribution in [0.5, 0.6) is 0 Å². The van der Waals surface area contributed by atoms with Gasteiger partial charge in [0.2, 0.25) is 5.91 Å². The van der Waals surface area contributed by atoms with Crippen molar-refractivity contribution in [2.45, 2.75) is 52.9 Å². The molecule has 3 nitrogen and oxygen atoms in total. The van der Waals surface area contributed by atoms with Gasteiger partial charge in [0.1, 0.15) is 0 Å². The van der Waals surface area contributed by atoms with Crippen LogP contribution in [0.1, 0.15) is 52.9 Å². The highest BCUT2D eigenvalue weighted by atomic mass is 16.1. The zero-order chi connectivity index (χ0) is 12.4. The van der Waals surface area contributed by atoms with Gasteiger partial charge in [0.15, 0.2) is 0 Å². The molecule has 3 heteroatoms. The van der Waals surface area contributed by atoms with Gasteiger partial charge in [0.25, 0.3) is 0 Å². The van der Waals surface area contributed by atoms with Gasteiger partial charge in [-0.3, -0.25) is 4.79 Å². The van der Waals surface area contributed by atoms with Crippen molar-refractivity contribution in [1.82, 2.24) is 5.32 Å². The summed E-state index contributed by atoms with van der Waals surface area (Å²) in [6.07, 6.45) is 5.08. The van der Waals surface area contributed by atoms with Crippen molar-refractivity contribution in [2.24, 2.45) is 17.6 Å². The summed E-state index contributed by atoms with van der Waals surface area (Å²) in [5.41, 5.74) is 5.67. The van der Waals surface area contributed by atoms with E-state index in [9.17, 15) is 4.79 Å². The quantitative estimate of drug-likeness (QED) is 0.595. The molecule has 3 N–H and O–H groups in total. The second-order valence-corrected chi connectivity index (χ2v) is 4.99. The van der Waals surface area contributed by atoms with Gasteiger partial charge in [-0.05, 0) is 31.2 Å². The average Bonchev–Trinajstić information content (AvgIpc) is 2.23. The van der Waals surface area contributed by atoms with Crippen molar-refractivity contribution in [2.75, 3.05) is 13.1 Å². The first-order valence-corrected chi connectivity index (χ1v) is 6.56. The Morgan fingerprint density at radius 3 is 2.50 bits per heavy atom. The van der Waals surface area contributed by atoms with Crippen molar-refractivity contribution in [3.63, 3.8) is 0 Å². The second kappa shape index (κ2) is 9.64. The lowest BCUT2D eigenvalue weighted by atomic mass is 9.94. The predicted molar refractivity (Wildman–Crippen MR) is 69.2 cm³/mol. The Bertz CT molecular complexity index is 181. The molecule has 0 fully saturated rings. The fraction of sp³-hybridized carbons (Fsp3) is 0.923. The predicted octanol–water partition coefficient (Wildman–Crippen LogP) is 2.30. The summed E-state index contributed by atoms with van der Waals surface area (Å²) < 4.78 is 0. The maximum Gasteiger partial charge on any atom is 0.220 e. The molecule has 0 rings (SSSR count). The number of carbonyl (C=O) groups is 1. The standard InChI is InChI=1S/C13H28N2O/c1-4-5-6-7-15-13(16)9-12(10-14)8-11(2)3/h11-12H,4-10,14H2,1-3H3,(H,15,16)/t12-/m0/s1. The van der Waals surface area contributed by atoms with Crippen LogP contribution < -0.4 is 11.1 Å². The highest BCUT2D eigenvalue weighted by Gasteiger charge is 2.13. The molecule has 0 saturated carbocycles. The van der Waals surface area contributed by atoms with E-state index >= 15 is 0 Å². The normalized spacial score (nSPS) is 12.8. The Labute approximate surface area is 100 Å². The van der Waals surface area contributed by atoms with Gasteiger partial charge in [-0.1, -0.05) is 33.6 Å². The van der Waals surface area contributed by atoms with Crippen molar-refractivity contribution >= 4 is 5.91 Å². The van der Waals surface area contributed by atoms with Crippen molar-refractivity contribution in [3.8, 4) is 0 Å². The summed E-state index contributed by atoms with van der Waals surface area (Å²) in [5, 5.41) is 2.96. The third-order valence-corrected chi connectivity index (χ3v) is 2.71. The minimum Gasteiger partial charge on any atom is -0.356 e. The van der Waals surface area contributed by atoms with Gasteiger partial charge in [-0.15, -0.1) is 0 Å². The number of hydrogen-bond donors (Lipinski definition) is 2. The summed E-state index contributed by atoms with van der Waals surface area (Å²) in [6.45, 7) is 7.92. The molecule has 0 aliphatic carbocycles. The van der Waals surface area contributed by atoms with Crippen LogP contribution in [0.25, 0.3) is 0 Å². The van der Waals surface area contributed by atoms with Crippen molar-refractivity contribution in [1.29, 1.82) is 0 Å². The molecule has 0 aromatic heterocycles. The molecule has 16 heavy (non-hydrogen) atoms. The Balaban J connectivity index is 3.66. The lowest BCUT2D eigenvalue weighted by Crippen LogP contribution is -2.29. The third kappa shape index (κ3) is 8.72. The van der Waals surface area contributed by atoms with E-state index in [0.29, 0.717) is 24.8 Å². The molecule has 0 aliphatic heterocycles. The van der Waals surface area contributed by atoms with E-state index in [1.807, 2.05) is 0 Å². The molecule has 0 saturated heterocycles. The maximum absolute atomic E-state index is 11.6. The smallest absolute Gasteiger partial charge is 0.220 e. The Kier molecular flexibility index (Phi) is 9.30. The third-order valence-electron chi connectivity index (χ3n) is 2.71. The minimum atomic E-state index is 0.159. The molecular weight excluding hydrogens is 200 g/mol. The van der Waals surface area contributed by atoms with Crippen molar-refractivity contribution < 1.29 is 4.79 Å². The molecular formula is C13H28N2O. The van der Waals surface area contributed by atoms with Crippen LogP contribution in [0.2, 0.25) is 0 Å². The van der Waals surface area contributed by atoms with E-state index in [1.165, 1.54) is 12.8 Å². The molecule has 0 aromatic rings. The highest BCUT2D eigenvalue weighted by molar-refractivity contribution is 5.76. The lowest BCUT2D eigenvalue weighted by Gasteiger charge is -2.16. The van der Waals surface area contributed by atoms with Gasteiger partial charge in [0, 0.05) is 13.0 Å². The largest absolute Gasteiger partial charge is 0.356 e. The van der Waals surface area contributed by atoms with Crippen LogP contribution in [-0.4, -0.2) is 19.0 Å². The molecule has 0 unspecified atom stereocenters. The second-order valence-electron chi connectivity index (χ2n) is 4.99. The van der Waals surface area contributed by atoms with Crippen molar-refractivity contribution in [3.05, 3.63) is 0 Å². The summed E-state index contributed by atoms with van der Waals surface area (Å²) in [5.74, 6) is 1.11. The van der Waals surface area contributed by atoms with Crippen LogP contribution in [0.3, 0.4) is 0 Å². The zero-order valence-electron chi connectivity index (χ0n) is 11.1. The SMILES string of the molecule is CCCCCNC(=O)C[C@@H](CN)CC(C)C. The topological polar surface area (TPSA) is 55.1 Å². The first kappa shape index (κ1) is 15.4. The summed E-state index contributed by atoms with van der Waals surface area (Å²) in [4.78, 5) is 11.6. The van der Waals surface area contributed by atoms with E-state index in [0.717, 1.165) is 19.4 Å². The molecule has 96 valence electrons. The van der Waals surface area contributed by atoms with E-state index in [-0.39, 0.29) is 5.91 Å². The number of hydrogen-bond acceptors (Lipinski definition) is 2. The molecule has 0 spiro atoms. The van der Waals surface area contributed by atoms with Crippen LogP contribution in [0.4, 0.5) is 0 Å². The number of amides is 1. The van der Waals surface area contributed by atoms with Gasteiger partial charge < -0.3 is 11.1 Å². The maximum atomic E-state index is 11.6. The number of carbonyl (C=O) groups excluding carboxylic acids is 1. The van der Waals surface area contributed by atoms with Gasteiger partial charge in [-0.25, -0.2) is 0 Å². The Morgan fingerprint density at radius 2 is 2.00 bits per heavy atom. The molecule has 1 atom stereocenters. The number of nitrogens with two attached hydrogens (primary N) is 1. The van der Waals surface area contributed by atoms with Gasteiger partial charge in [-0.2, -0.15) is 0 Å². The lowest BCUT2D eigenvalue weighted by molar-refractivity contribution is -0.122. The number of rotatable bonds is 9. The zero-order valence-corrected chi connectivity index (χ0v) is 11.1. The molecule has 0 radical (unpaired) electrons. The van der Waals surface area contributed by atoms with Crippen LogP contribution >= 0.6 is 0 Å². The summed E-state index contributed by atoms with van der Waals surface area (Å²) in [7, 11) is 0. The molecule has 0 bridgehead atoms. The first-order chi connectivity index (χ1) is 7.60. The molecule has 1 amide bonds. The average molecular weight is 228 g/mol. The Hall–Kier alpha value is -0.570. The minimum absolute atomic E-state index is 0.159. The van der Waals surface area contributed by atoms with Gasteiger partial charge >= 0.3 is 0 Å². The number of nitrogens with one attached hydrogen (secondary N) is 1. The summed E-state index contributed by atoms with van der Waals surface area (Å²) in [6, 6.07) is 0. The molecule has 0 aliphatic rings. The first-order valence-electron chi connectivity index (χ1n) is 6.56. The van der Waals surface area contributed by atoms with Gasteiger partial charge in [0.05, 0.1) is 0 Å². The van der Waals surface area contributed by atoms with E-state index < -0.39 is 0 Å². The molecule has 0 heterocycles. The monoisotopic (exact) mass is 228 g/mol. The van der Waals surface area contributed by atoms with Crippen LogP contribution in [-0.2, 0) is 4.79 Å².